The molecule has 0 radical (unpaired) electrons. The first-order valence-corrected chi connectivity index (χ1v) is 15.0. The van der Waals surface area contributed by atoms with Crippen molar-refractivity contribution in [3.63, 3.8) is 0 Å². The van der Waals surface area contributed by atoms with E-state index >= 15 is 0 Å². The van der Waals surface area contributed by atoms with E-state index in [1.54, 1.807) is 0 Å². The van der Waals surface area contributed by atoms with E-state index in [2.05, 4.69) is 0 Å². The second-order valence-corrected chi connectivity index (χ2v) is 12.9. The topological polar surface area (TPSA) is 113 Å². The van der Waals surface area contributed by atoms with E-state index in [0.29, 0.717) is 12.3 Å². The summed E-state index contributed by atoms with van der Waals surface area (Å²) in [5.41, 5.74) is 0. The number of hydrogen-bond donors (Lipinski definition) is 0. The maximum absolute atomic E-state index is 13.1. The number of hydrogen-bond acceptors (Lipinski definition) is 8. The van der Waals surface area contributed by atoms with Crippen LogP contribution in [0.4, 0.5) is 0 Å². The summed E-state index contributed by atoms with van der Waals surface area (Å²) in [5.74, 6) is -0.306. The van der Waals surface area contributed by atoms with Crippen molar-refractivity contribution >= 4 is 60.4 Å². The van der Waals surface area contributed by atoms with Crippen LogP contribution < -0.4 is 9.47 Å². The second kappa shape index (κ2) is 13.0. The van der Waals surface area contributed by atoms with Gasteiger partial charge in [0.05, 0.1) is 32.2 Å². The smallest absolute Gasteiger partial charge is 0.303 e. The molecule has 0 unspecified atom stereocenters. The number of benzene rings is 2. The predicted molar refractivity (Wildman–Crippen MR) is 135 cm³/mol. The molecule has 0 saturated carbocycles. The molecule has 13 heteroatoms. The highest BCUT2D eigenvalue weighted by Gasteiger charge is 2.23. The van der Waals surface area contributed by atoms with Gasteiger partial charge in [-0.3, -0.25) is 4.79 Å². The van der Waals surface area contributed by atoms with Crippen molar-refractivity contribution in [2.24, 2.45) is 0 Å². The normalized spacial score (nSPS) is 12.7. The summed E-state index contributed by atoms with van der Waals surface area (Å²) >= 11 is 18.0. The molecule has 0 aromatic heterocycles. The average molecular weight is 588 g/mol. The molecule has 8 nitrogen and oxygen atoms in total. The maximum atomic E-state index is 13.1. The number of carbonyl (C=O) groups is 1. The van der Waals surface area contributed by atoms with Crippen molar-refractivity contribution in [1.82, 2.24) is 0 Å². The third-order valence-electron chi connectivity index (χ3n) is 4.59. The molecule has 0 amide bonds. The standard InChI is InChI=1S/C22H25Cl3O8S2/c1-3-34(27,28)14-17(33-15(2)26)13-32-16-5-7-18(8-6-16)35(29,30)19-11-20(24)22(21(25)12-19)31-10-4-9-23/h5-8,11-12,17H,3-4,9-10,13-14H2,1-2H3/t17-/m0/s1. The molecule has 0 fully saturated rings. The van der Waals surface area contributed by atoms with Gasteiger partial charge >= 0.3 is 5.97 Å². The lowest BCUT2D eigenvalue weighted by atomic mass is 10.3. The Morgan fingerprint density at radius 2 is 1.57 bits per heavy atom. The molecule has 0 saturated heterocycles. The molecule has 2 aromatic rings. The summed E-state index contributed by atoms with van der Waals surface area (Å²) in [5, 5.41) is 0.0910. The first-order valence-electron chi connectivity index (χ1n) is 10.4. The first kappa shape index (κ1) is 29.5. The number of carbonyl (C=O) groups excluding carboxylic acids is 1. The van der Waals surface area contributed by atoms with E-state index in [1.807, 2.05) is 0 Å². The summed E-state index contributed by atoms with van der Waals surface area (Å²) < 4.78 is 65.9. The lowest BCUT2D eigenvalue weighted by molar-refractivity contribution is -0.146. The SMILES string of the molecule is CCS(=O)(=O)C[C@H](COc1ccc(S(=O)(=O)c2cc(Cl)c(OCCCCl)c(Cl)c2)cc1)OC(C)=O. The van der Waals surface area contributed by atoms with Crippen molar-refractivity contribution < 1.29 is 35.8 Å². The zero-order chi connectivity index (χ0) is 26.2. The Morgan fingerprint density at radius 1 is 0.971 bits per heavy atom. The van der Waals surface area contributed by atoms with Crippen LogP contribution in [0, 0.1) is 0 Å². The fourth-order valence-corrected chi connectivity index (χ4v) is 5.96. The number of esters is 1. The number of rotatable bonds is 13. The van der Waals surface area contributed by atoms with Crippen molar-refractivity contribution in [2.45, 2.75) is 36.2 Å². The van der Waals surface area contributed by atoms with Gasteiger partial charge in [-0.05, 0) is 42.8 Å². The quantitative estimate of drug-likeness (QED) is 0.190. The van der Waals surface area contributed by atoms with Gasteiger partial charge < -0.3 is 14.2 Å². The third-order valence-corrected chi connectivity index (χ3v) is 8.93. The minimum Gasteiger partial charge on any atom is -0.490 e. The van der Waals surface area contributed by atoms with Gasteiger partial charge in [-0.15, -0.1) is 11.6 Å². The molecule has 0 bridgehead atoms. The molecule has 0 N–H and O–H groups in total. The lowest BCUT2D eigenvalue weighted by Crippen LogP contribution is -2.32. The van der Waals surface area contributed by atoms with E-state index in [-0.39, 0.29) is 56.1 Å². The molecule has 2 aromatic carbocycles. The monoisotopic (exact) mass is 586 g/mol. The van der Waals surface area contributed by atoms with Crippen LogP contribution in [0.15, 0.2) is 46.2 Å². The van der Waals surface area contributed by atoms with Crippen LogP contribution in [0.3, 0.4) is 0 Å². The molecular formula is C22H25Cl3O8S2. The number of ether oxygens (including phenoxy) is 3. The highest BCUT2D eigenvalue weighted by molar-refractivity contribution is 7.91. The molecule has 0 heterocycles. The molecule has 194 valence electrons. The highest BCUT2D eigenvalue weighted by atomic mass is 35.5. The maximum Gasteiger partial charge on any atom is 0.303 e. The fourth-order valence-electron chi connectivity index (χ4n) is 2.85. The molecule has 0 aliphatic rings. The Balaban J connectivity index is 2.17. The molecule has 0 aliphatic heterocycles. The van der Waals surface area contributed by atoms with Gasteiger partial charge in [0.1, 0.15) is 18.5 Å². The predicted octanol–water partition coefficient (Wildman–Crippen LogP) is 4.58. The molecule has 35 heavy (non-hydrogen) atoms. The van der Waals surface area contributed by atoms with Crippen molar-refractivity contribution in [3.8, 4) is 11.5 Å². The number of sulfone groups is 2. The minimum atomic E-state index is -3.97. The van der Waals surface area contributed by atoms with Gasteiger partial charge in [0.15, 0.2) is 15.6 Å². The molecular weight excluding hydrogens is 563 g/mol. The third kappa shape index (κ3) is 8.71. The molecule has 1 atom stereocenters. The van der Waals surface area contributed by atoms with Crippen molar-refractivity contribution in [2.75, 3.05) is 30.6 Å². The second-order valence-electron chi connectivity index (χ2n) is 7.32. The summed E-state index contributed by atoms with van der Waals surface area (Å²) in [6.45, 7) is 2.71. The van der Waals surface area contributed by atoms with Gasteiger partial charge in [-0.25, -0.2) is 16.8 Å². The Morgan fingerprint density at radius 3 is 2.09 bits per heavy atom. The van der Waals surface area contributed by atoms with E-state index in [0.717, 1.165) is 0 Å². The van der Waals surface area contributed by atoms with E-state index in [4.69, 9.17) is 49.0 Å². The largest absolute Gasteiger partial charge is 0.490 e. The van der Waals surface area contributed by atoms with Gasteiger partial charge in [-0.1, -0.05) is 30.1 Å². The van der Waals surface area contributed by atoms with Gasteiger partial charge in [0.25, 0.3) is 0 Å². The van der Waals surface area contributed by atoms with Crippen molar-refractivity contribution in [1.29, 1.82) is 0 Å². The summed E-state index contributed by atoms with van der Waals surface area (Å²) in [7, 11) is -7.38. The van der Waals surface area contributed by atoms with Crippen LogP contribution in [-0.4, -0.2) is 59.5 Å². The molecule has 0 aliphatic carbocycles. The zero-order valence-corrected chi connectivity index (χ0v) is 22.9. The molecule has 0 spiro atoms. The van der Waals surface area contributed by atoms with Crippen molar-refractivity contribution in [3.05, 3.63) is 46.4 Å². The molecule has 2 rings (SSSR count). The van der Waals surface area contributed by atoms with Crippen LogP contribution in [-0.2, 0) is 29.2 Å². The van der Waals surface area contributed by atoms with Crippen LogP contribution in [0.5, 0.6) is 11.5 Å². The minimum absolute atomic E-state index is 0.0436. The fraction of sp³-hybridized carbons (Fsp3) is 0.409. The van der Waals surface area contributed by atoms with Crippen LogP contribution >= 0.6 is 34.8 Å². The Hall–Kier alpha value is -1.72. The van der Waals surface area contributed by atoms with E-state index in [9.17, 15) is 21.6 Å². The zero-order valence-electron chi connectivity index (χ0n) is 19.0. The number of halogens is 3. The van der Waals surface area contributed by atoms with Gasteiger partial charge in [0.2, 0.25) is 9.84 Å². The van der Waals surface area contributed by atoms with Crippen LogP contribution in [0.1, 0.15) is 20.3 Å². The van der Waals surface area contributed by atoms with Gasteiger partial charge in [0, 0.05) is 18.6 Å². The highest BCUT2D eigenvalue weighted by Crippen LogP contribution is 2.37. The van der Waals surface area contributed by atoms with E-state index in [1.165, 1.54) is 50.2 Å². The Labute approximate surface area is 220 Å². The lowest BCUT2D eigenvalue weighted by Gasteiger charge is -2.17. The first-order chi connectivity index (χ1) is 16.4. The van der Waals surface area contributed by atoms with Crippen LogP contribution in [0.2, 0.25) is 10.0 Å². The van der Waals surface area contributed by atoms with Crippen LogP contribution in [0.25, 0.3) is 0 Å². The summed E-state index contributed by atoms with van der Waals surface area (Å²) in [4.78, 5) is 11.1. The van der Waals surface area contributed by atoms with Gasteiger partial charge in [-0.2, -0.15) is 0 Å². The Bertz CT molecular complexity index is 1210. The summed E-state index contributed by atoms with van der Waals surface area (Å²) in [6, 6.07) is 7.95. The summed E-state index contributed by atoms with van der Waals surface area (Å²) in [6.07, 6.45) is -0.436. The number of alkyl halides is 1. The average Bonchev–Trinajstić information content (AvgIpc) is 2.79. The van der Waals surface area contributed by atoms with E-state index < -0.39 is 31.7 Å². The Kier molecular flexibility index (Phi) is 11.0.